The first-order valence-corrected chi connectivity index (χ1v) is 10.9. The molecule has 3 heterocycles. The second-order valence-corrected chi connectivity index (χ2v) is 9.12. The molecule has 29 heavy (non-hydrogen) atoms. The van der Waals surface area contributed by atoms with Crippen molar-refractivity contribution in [3.63, 3.8) is 0 Å². The summed E-state index contributed by atoms with van der Waals surface area (Å²) in [7, 11) is -2.54. The predicted octanol–water partition coefficient (Wildman–Crippen LogP) is 1.50. The second kappa shape index (κ2) is 7.37. The van der Waals surface area contributed by atoms with Gasteiger partial charge in [-0.25, -0.2) is 18.0 Å². The summed E-state index contributed by atoms with van der Waals surface area (Å²) in [5.74, 6) is -0.544. The first-order chi connectivity index (χ1) is 13.8. The van der Waals surface area contributed by atoms with Crippen molar-refractivity contribution in [1.82, 2.24) is 9.53 Å². The largest absolute Gasteiger partial charge is 0.467 e. The van der Waals surface area contributed by atoms with E-state index in [1.807, 2.05) is 13.8 Å². The Kier molecular flexibility index (Phi) is 5.16. The van der Waals surface area contributed by atoms with E-state index >= 15 is 0 Å². The Morgan fingerprint density at radius 2 is 2.00 bits per heavy atom. The van der Waals surface area contributed by atoms with Crippen LogP contribution in [0, 0.1) is 6.92 Å². The SMILES string of the molecule is CCO[C@H]1C[C@H]2N(S(=O)(=O)c3ccc(C)cc3)C=C[C@]23C[C@H](C(=O)OC)ON3O1. The number of aryl methyl sites for hydroxylation is 1. The van der Waals surface area contributed by atoms with Gasteiger partial charge in [0, 0.05) is 25.6 Å². The van der Waals surface area contributed by atoms with E-state index in [0.717, 1.165) is 5.56 Å². The molecule has 0 bridgehead atoms. The van der Waals surface area contributed by atoms with Crippen LogP contribution in [-0.2, 0) is 34.0 Å². The zero-order valence-corrected chi connectivity index (χ0v) is 17.3. The van der Waals surface area contributed by atoms with E-state index in [4.69, 9.17) is 19.1 Å². The summed E-state index contributed by atoms with van der Waals surface area (Å²) in [6, 6.07) is 6.13. The minimum Gasteiger partial charge on any atom is -0.467 e. The molecule has 3 aliphatic heterocycles. The summed E-state index contributed by atoms with van der Waals surface area (Å²) in [6.07, 6.45) is 2.14. The molecule has 2 saturated heterocycles. The molecule has 158 valence electrons. The van der Waals surface area contributed by atoms with Crippen LogP contribution >= 0.6 is 0 Å². The number of nitrogens with zero attached hydrogens (tertiary/aromatic N) is 2. The molecule has 0 unspecified atom stereocenters. The zero-order valence-electron chi connectivity index (χ0n) is 16.5. The smallest absolute Gasteiger partial charge is 0.337 e. The van der Waals surface area contributed by atoms with Gasteiger partial charge < -0.3 is 9.47 Å². The van der Waals surface area contributed by atoms with E-state index < -0.39 is 40.0 Å². The number of esters is 1. The lowest BCUT2D eigenvalue weighted by atomic mass is 9.85. The molecule has 0 aliphatic carbocycles. The number of hydrogen-bond acceptors (Lipinski definition) is 8. The highest BCUT2D eigenvalue weighted by Gasteiger charge is 2.63. The number of carbonyl (C=O) groups excluding carboxylic acids is 1. The quantitative estimate of drug-likeness (QED) is 0.657. The summed E-state index contributed by atoms with van der Waals surface area (Å²) in [6.45, 7) is 4.10. The minimum atomic E-state index is -3.81. The lowest BCUT2D eigenvalue weighted by Gasteiger charge is -2.45. The molecule has 4 atom stereocenters. The third kappa shape index (κ3) is 3.24. The highest BCUT2D eigenvalue weighted by atomic mass is 32.2. The van der Waals surface area contributed by atoms with E-state index in [-0.39, 0.29) is 11.3 Å². The molecule has 0 radical (unpaired) electrons. The minimum absolute atomic E-state index is 0.194. The summed E-state index contributed by atoms with van der Waals surface area (Å²) in [4.78, 5) is 23.7. The summed E-state index contributed by atoms with van der Waals surface area (Å²) < 4.78 is 38.4. The molecule has 0 saturated carbocycles. The highest BCUT2D eigenvalue weighted by molar-refractivity contribution is 7.89. The van der Waals surface area contributed by atoms with Crippen molar-refractivity contribution in [1.29, 1.82) is 0 Å². The Hall–Kier alpha value is -1.98. The van der Waals surface area contributed by atoms with Gasteiger partial charge >= 0.3 is 5.97 Å². The first kappa shape index (κ1) is 20.3. The van der Waals surface area contributed by atoms with Crippen LogP contribution in [0.4, 0.5) is 0 Å². The molecule has 1 aromatic rings. The number of rotatable bonds is 5. The Balaban J connectivity index is 1.70. The Labute approximate surface area is 169 Å². The van der Waals surface area contributed by atoms with Gasteiger partial charge in [0.2, 0.25) is 0 Å². The van der Waals surface area contributed by atoms with Gasteiger partial charge in [-0.05, 0) is 32.1 Å². The van der Waals surface area contributed by atoms with E-state index in [9.17, 15) is 13.2 Å². The summed E-state index contributed by atoms with van der Waals surface area (Å²) in [5, 5.41) is 1.21. The van der Waals surface area contributed by atoms with Crippen LogP contribution in [0.15, 0.2) is 41.4 Å². The fourth-order valence-corrected chi connectivity index (χ4v) is 5.58. The number of sulfonamides is 1. The van der Waals surface area contributed by atoms with Crippen LogP contribution in [0.3, 0.4) is 0 Å². The third-order valence-corrected chi connectivity index (χ3v) is 7.31. The maximum Gasteiger partial charge on any atom is 0.337 e. The van der Waals surface area contributed by atoms with Crippen molar-refractivity contribution in [2.24, 2.45) is 0 Å². The molecular weight excluding hydrogens is 400 g/mol. The number of ether oxygens (including phenoxy) is 2. The predicted molar refractivity (Wildman–Crippen MR) is 100 cm³/mol. The molecular formula is C19H24N2O7S. The van der Waals surface area contributed by atoms with Gasteiger partial charge in [0.15, 0.2) is 12.4 Å². The van der Waals surface area contributed by atoms with E-state index in [2.05, 4.69) is 0 Å². The van der Waals surface area contributed by atoms with Crippen LogP contribution in [0.5, 0.6) is 0 Å². The number of methoxy groups -OCH3 is 1. The maximum absolute atomic E-state index is 13.4. The summed E-state index contributed by atoms with van der Waals surface area (Å²) >= 11 is 0. The van der Waals surface area contributed by atoms with Gasteiger partial charge in [-0.15, -0.1) is 0 Å². The standard InChI is InChI=1S/C19H24N2O7S/c1-4-26-17-11-16-19(12-15(18(22)25-3)27-21(19)28-17)9-10-20(16)29(23,24)14-7-5-13(2)6-8-14/h5-10,15-17H,4,11-12H2,1-3H3/t15-,16-,17-,19+/m1/s1. The molecule has 0 amide bonds. The topological polar surface area (TPSA) is 94.6 Å². The van der Waals surface area contributed by atoms with E-state index in [0.29, 0.717) is 13.0 Å². The molecule has 0 N–H and O–H groups in total. The van der Waals surface area contributed by atoms with Gasteiger partial charge in [-0.1, -0.05) is 22.9 Å². The fourth-order valence-electron chi connectivity index (χ4n) is 4.03. The Morgan fingerprint density at radius 3 is 2.66 bits per heavy atom. The van der Waals surface area contributed by atoms with Crippen molar-refractivity contribution in [2.75, 3.05) is 13.7 Å². The molecule has 4 rings (SSSR count). The first-order valence-electron chi connectivity index (χ1n) is 9.44. The average Bonchev–Trinajstić information content (AvgIpc) is 3.26. The van der Waals surface area contributed by atoms with Crippen LogP contribution < -0.4 is 0 Å². The summed E-state index contributed by atoms with van der Waals surface area (Å²) in [5.41, 5.74) is 0.0284. The van der Waals surface area contributed by atoms with Crippen molar-refractivity contribution in [2.45, 2.75) is 55.6 Å². The fraction of sp³-hybridized carbons (Fsp3) is 0.526. The molecule has 1 spiro atoms. The average molecular weight is 424 g/mol. The lowest BCUT2D eigenvalue weighted by Crippen LogP contribution is -2.60. The molecule has 10 heteroatoms. The molecule has 3 aliphatic rings. The van der Waals surface area contributed by atoms with Crippen molar-refractivity contribution in [3.8, 4) is 0 Å². The van der Waals surface area contributed by atoms with Crippen molar-refractivity contribution < 1.29 is 32.4 Å². The Morgan fingerprint density at radius 1 is 1.28 bits per heavy atom. The van der Waals surface area contributed by atoms with Gasteiger partial charge in [0.05, 0.1) is 18.0 Å². The number of hydroxylamine groups is 2. The van der Waals surface area contributed by atoms with Crippen LogP contribution in [0.25, 0.3) is 0 Å². The van der Waals surface area contributed by atoms with Crippen LogP contribution in [0.2, 0.25) is 0 Å². The van der Waals surface area contributed by atoms with Crippen LogP contribution in [0.1, 0.15) is 25.3 Å². The third-order valence-electron chi connectivity index (χ3n) is 5.51. The zero-order chi connectivity index (χ0) is 20.8. The Bertz CT molecular complexity index is 917. The number of benzene rings is 1. The van der Waals surface area contributed by atoms with Crippen molar-refractivity contribution >= 4 is 16.0 Å². The number of carbonyl (C=O) groups is 1. The normalized spacial score (nSPS) is 31.6. The molecule has 2 fully saturated rings. The van der Waals surface area contributed by atoms with Gasteiger partial charge in [-0.3, -0.25) is 9.14 Å². The number of hydrogen-bond donors (Lipinski definition) is 0. The van der Waals surface area contributed by atoms with Gasteiger partial charge in [-0.2, -0.15) is 0 Å². The second-order valence-electron chi connectivity index (χ2n) is 7.28. The lowest BCUT2D eigenvalue weighted by molar-refractivity contribution is -0.449. The van der Waals surface area contributed by atoms with Gasteiger partial charge in [0.25, 0.3) is 10.0 Å². The maximum atomic E-state index is 13.4. The monoisotopic (exact) mass is 424 g/mol. The van der Waals surface area contributed by atoms with E-state index in [1.54, 1.807) is 30.3 Å². The van der Waals surface area contributed by atoms with Crippen LogP contribution in [-0.4, -0.2) is 61.6 Å². The molecule has 0 aromatic heterocycles. The highest BCUT2D eigenvalue weighted by Crippen LogP contribution is 2.48. The molecule has 1 aromatic carbocycles. The molecule has 9 nitrogen and oxygen atoms in total. The van der Waals surface area contributed by atoms with Crippen molar-refractivity contribution in [3.05, 3.63) is 42.1 Å². The van der Waals surface area contributed by atoms with Gasteiger partial charge in [0.1, 0.15) is 5.54 Å². The van der Waals surface area contributed by atoms with E-state index in [1.165, 1.54) is 22.8 Å².